The zero-order valence-electron chi connectivity index (χ0n) is 13.5. The van der Waals surface area contributed by atoms with Crippen molar-refractivity contribution >= 4 is 0 Å². The number of aryl methyl sites for hydroxylation is 2. The lowest BCUT2D eigenvalue weighted by molar-refractivity contribution is -0.00673. The molecule has 1 rings (SSSR count). The van der Waals surface area contributed by atoms with Gasteiger partial charge < -0.3 is 9.84 Å². The molecule has 2 nitrogen and oxygen atoms in total. The quantitative estimate of drug-likeness (QED) is 0.663. The number of aliphatic hydroxyl groups is 1. The van der Waals surface area contributed by atoms with Crippen molar-refractivity contribution in [1.82, 2.24) is 0 Å². The molecule has 2 unspecified atom stereocenters. The molecule has 0 saturated heterocycles. The SMILES string of the molecule is CCCCCCC(C)OCC(O)c1cc(C)ccc1C. The highest BCUT2D eigenvalue weighted by Crippen LogP contribution is 2.20. The highest BCUT2D eigenvalue weighted by molar-refractivity contribution is 5.32. The summed E-state index contributed by atoms with van der Waals surface area (Å²) in [5, 5.41) is 10.3. The molecule has 1 aromatic carbocycles. The summed E-state index contributed by atoms with van der Waals surface area (Å²) in [4.78, 5) is 0. The molecule has 1 N–H and O–H groups in total. The molecule has 20 heavy (non-hydrogen) atoms. The van der Waals surface area contributed by atoms with E-state index in [9.17, 15) is 5.11 Å². The molecule has 0 saturated carbocycles. The molecule has 114 valence electrons. The summed E-state index contributed by atoms with van der Waals surface area (Å²) in [6.07, 6.45) is 5.86. The van der Waals surface area contributed by atoms with E-state index >= 15 is 0 Å². The third-order valence-corrected chi connectivity index (χ3v) is 3.80. The van der Waals surface area contributed by atoms with E-state index in [2.05, 4.69) is 32.0 Å². The molecule has 0 fully saturated rings. The van der Waals surface area contributed by atoms with Gasteiger partial charge in [-0.2, -0.15) is 0 Å². The van der Waals surface area contributed by atoms with Crippen molar-refractivity contribution in [2.45, 2.75) is 72.0 Å². The molecule has 0 heterocycles. The van der Waals surface area contributed by atoms with Crippen LogP contribution in [0.4, 0.5) is 0 Å². The molecule has 0 aliphatic carbocycles. The minimum Gasteiger partial charge on any atom is -0.386 e. The van der Waals surface area contributed by atoms with Gasteiger partial charge in [-0.25, -0.2) is 0 Å². The number of benzene rings is 1. The van der Waals surface area contributed by atoms with E-state index in [1.165, 1.54) is 31.2 Å². The molecule has 2 atom stereocenters. The van der Waals surface area contributed by atoms with Gasteiger partial charge >= 0.3 is 0 Å². The van der Waals surface area contributed by atoms with Crippen LogP contribution in [0.1, 0.15) is 68.7 Å². The van der Waals surface area contributed by atoms with Gasteiger partial charge in [0.25, 0.3) is 0 Å². The normalized spacial score (nSPS) is 14.2. The summed E-state index contributed by atoms with van der Waals surface area (Å²) in [5.74, 6) is 0. The van der Waals surface area contributed by atoms with Gasteiger partial charge in [0.05, 0.1) is 12.7 Å². The third-order valence-electron chi connectivity index (χ3n) is 3.80. The fraction of sp³-hybridized carbons (Fsp3) is 0.667. The standard InChI is InChI=1S/C18H30O2/c1-5-6-7-8-9-16(4)20-13-18(19)17-12-14(2)10-11-15(17)3/h10-12,16,18-19H,5-9,13H2,1-4H3. The minimum atomic E-state index is -0.520. The number of hydrogen-bond donors (Lipinski definition) is 1. The lowest BCUT2D eigenvalue weighted by Gasteiger charge is -2.18. The zero-order valence-corrected chi connectivity index (χ0v) is 13.5. The summed E-state index contributed by atoms with van der Waals surface area (Å²) < 4.78 is 5.78. The first kappa shape index (κ1) is 17.2. The van der Waals surface area contributed by atoms with Crippen molar-refractivity contribution in [1.29, 1.82) is 0 Å². The van der Waals surface area contributed by atoms with Crippen LogP contribution in [0.3, 0.4) is 0 Å². The summed E-state index contributed by atoms with van der Waals surface area (Å²) in [5.41, 5.74) is 3.29. The van der Waals surface area contributed by atoms with Crippen molar-refractivity contribution in [3.8, 4) is 0 Å². The summed E-state index contributed by atoms with van der Waals surface area (Å²) in [6.45, 7) is 8.79. The van der Waals surface area contributed by atoms with Gasteiger partial charge in [0, 0.05) is 0 Å². The first-order valence-electron chi connectivity index (χ1n) is 7.91. The molecule has 0 aromatic heterocycles. The molecule has 0 aliphatic heterocycles. The Morgan fingerprint density at radius 3 is 2.60 bits per heavy atom. The van der Waals surface area contributed by atoms with Gasteiger partial charge in [-0.1, -0.05) is 56.4 Å². The van der Waals surface area contributed by atoms with Crippen LogP contribution in [0, 0.1) is 13.8 Å². The Bertz CT molecular complexity index is 387. The van der Waals surface area contributed by atoms with E-state index in [1.807, 2.05) is 13.8 Å². The highest BCUT2D eigenvalue weighted by atomic mass is 16.5. The monoisotopic (exact) mass is 278 g/mol. The predicted octanol–water partition coefficient (Wildman–Crippen LogP) is 4.71. The van der Waals surface area contributed by atoms with Crippen molar-refractivity contribution in [2.75, 3.05) is 6.61 Å². The van der Waals surface area contributed by atoms with Crippen LogP contribution in [-0.2, 0) is 4.74 Å². The molecule has 0 bridgehead atoms. The van der Waals surface area contributed by atoms with E-state index < -0.39 is 6.10 Å². The highest BCUT2D eigenvalue weighted by Gasteiger charge is 2.12. The number of ether oxygens (including phenoxy) is 1. The Balaban J connectivity index is 2.35. The first-order chi connectivity index (χ1) is 9.54. The number of rotatable bonds is 9. The van der Waals surface area contributed by atoms with Crippen molar-refractivity contribution < 1.29 is 9.84 Å². The van der Waals surface area contributed by atoms with Crippen LogP contribution in [0.15, 0.2) is 18.2 Å². The molecule has 0 spiro atoms. The van der Waals surface area contributed by atoms with E-state index in [0.29, 0.717) is 6.61 Å². The van der Waals surface area contributed by atoms with Gasteiger partial charge in [-0.15, -0.1) is 0 Å². The molecule has 0 aliphatic rings. The Morgan fingerprint density at radius 1 is 1.15 bits per heavy atom. The Kier molecular flexibility index (Phi) is 7.86. The van der Waals surface area contributed by atoms with Gasteiger partial charge in [0.2, 0.25) is 0 Å². The number of aliphatic hydroxyl groups excluding tert-OH is 1. The third kappa shape index (κ3) is 6.06. The van der Waals surface area contributed by atoms with Gasteiger partial charge in [-0.3, -0.25) is 0 Å². The second-order valence-corrected chi connectivity index (χ2v) is 5.87. The van der Waals surface area contributed by atoms with Crippen molar-refractivity contribution in [2.24, 2.45) is 0 Å². The number of unbranched alkanes of at least 4 members (excludes halogenated alkanes) is 3. The first-order valence-corrected chi connectivity index (χ1v) is 7.91. The smallest absolute Gasteiger partial charge is 0.103 e. The average Bonchev–Trinajstić information content (AvgIpc) is 2.43. The van der Waals surface area contributed by atoms with Gasteiger partial charge in [0.1, 0.15) is 6.10 Å². The van der Waals surface area contributed by atoms with Crippen molar-refractivity contribution in [3.63, 3.8) is 0 Å². The maximum atomic E-state index is 10.3. The van der Waals surface area contributed by atoms with Gasteiger partial charge in [0.15, 0.2) is 0 Å². The fourth-order valence-electron chi connectivity index (χ4n) is 2.41. The summed E-state index contributed by atoms with van der Waals surface area (Å²) in [6, 6.07) is 6.18. The second kappa shape index (κ2) is 9.15. The lowest BCUT2D eigenvalue weighted by Crippen LogP contribution is -2.15. The van der Waals surface area contributed by atoms with Gasteiger partial charge in [-0.05, 0) is 38.3 Å². The van der Waals surface area contributed by atoms with Crippen molar-refractivity contribution in [3.05, 3.63) is 34.9 Å². The summed E-state index contributed by atoms with van der Waals surface area (Å²) in [7, 11) is 0. The average molecular weight is 278 g/mol. The van der Waals surface area contributed by atoms with E-state index in [-0.39, 0.29) is 6.10 Å². The maximum absolute atomic E-state index is 10.3. The molecule has 0 radical (unpaired) electrons. The van der Waals surface area contributed by atoms with E-state index in [4.69, 9.17) is 4.74 Å². The van der Waals surface area contributed by atoms with Crippen LogP contribution in [0.5, 0.6) is 0 Å². The van der Waals surface area contributed by atoms with Crippen LogP contribution in [0.25, 0.3) is 0 Å². The lowest BCUT2D eigenvalue weighted by atomic mass is 10.0. The Hall–Kier alpha value is -0.860. The maximum Gasteiger partial charge on any atom is 0.103 e. The van der Waals surface area contributed by atoms with E-state index in [0.717, 1.165) is 17.5 Å². The zero-order chi connectivity index (χ0) is 15.0. The Morgan fingerprint density at radius 2 is 1.90 bits per heavy atom. The minimum absolute atomic E-state index is 0.228. The Labute approximate surface area is 124 Å². The van der Waals surface area contributed by atoms with Crippen LogP contribution >= 0.6 is 0 Å². The molecule has 1 aromatic rings. The molecule has 2 heteroatoms. The molecule has 0 amide bonds. The largest absolute Gasteiger partial charge is 0.386 e. The second-order valence-electron chi connectivity index (χ2n) is 5.87. The summed E-state index contributed by atoms with van der Waals surface area (Å²) >= 11 is 0. The van der Waals surface area contributed by atoms with Crippen LogP contribution in [0.2, 0.25) is 0 Å². The predicted molar refractivity (Wildman–Crippen MR) is 85.0 cm³/mol. The van der Waals surface area contributed by atoms with Crippen LogP contribution < -0.4 is 0 Å². The van der Waals surface area contributed by atoms with E-state index in [1.54, 1.807) is 0 Å². The fourth-order valence-corrected chi connectivity index (χ4v) is 2.41. The van der Waals surface area contributed by atoms with Crippen LogP contribution in [-0.4, -0.2) is 17.8 Å². The topological polar surface area (TPSA) is 29.5 Å². The number of hydrogen-bond acceptors (Lipinski definition) is 2. The molecular weight excluding hydrogens is 248 g/mol. The molecular formula is C18H30O2.